The molecule has 0 spiro atoms. The molecule has 2 unspecified atom stereocenters. The summed E-state index contributed by atoms with van der Waals surface area (Å²) in [6, 6.07) is 5.81. The van der Waals surface area contributed by atoms with Crippen LogP contribution in [0.4, 0.5) is 4.39 Å². The highest BCUT2D eigenvalue weighted by atomic mass is 19.1. The van der Waals surface area contributed by atoms with E-state index < -0.39 is 24.6 Å². The van der Waals surface area contributed by atoms with Crippen molar-refractivity contribution >= 4 is 11.9 Å². The molecule has 0 fully saturated rings. The van der Waals surface area contributed by atoms with E-state index in [2.05, 4.69) is 12.0 Å². The average Bonchev–Trinajstić information content (AvgIpc) is 3.15. The Balaban J connectivity index is 2.42. The molecule has 3 N–H and O–H groups in total. The number of carboxylic acids is 1. The van der Waals surface area contributed by atoms with E-state index in [1.165, 1.54) is 12.1 Å². The van der Waals surface area contributed by atoms with E-state index in [9.17, 15) is 24.2 Å². The van der Waals surface area contributed by atoms with E-state index in [0.29, 0.717) is 24.3 Å². The van der Waals surface area contributed by atoms with Gasteiger partial charge in [-0.25, -0.2) is 9.07 Å². The molecule has 0 saturated carbocycles. The van der Waals surface area contributed by atoms with Gasteiger partial charge in [-0.1, -0.05) is 27.2 Å². The quantitative estimate of drug-likeness (QED) is 0.407. The number of hydrogen-bond acceptors (Lipinski definition) is 5. The van der Waals surface area contributed by atoms with E-state index in [1.54, 1.807) is 28.8 Å². The van der Waals surface area contributed by atoms with Crippen LogP contribution in [-0.4, -0.2) is 67.7 Å². The molecule has 0 radical (unpaired) electrons. The summed E-state index contributed by atoms with van der Waals surface area (Å²) in [5, 5.41) is 33.7. The summed E-state index contributed by atoms with van der Waals surface area (Å²) in [6.07, 6.45) is -0.191. The second-order valence-corrected chi connectivity index (χ2v) is 9.01. The van der Waals surface area contributed by atoms with Gasteiger partial charge in [0.15, 0.2) is 5.69 Å². The van der Waals surface area contributed by atoms with E-state index in [4.69, 9.17) is 5.11 Å². The molecule has 1 amide bonds. The van der Waals surface area contributed by atoms with Crippen LogP contribution < -0.4 is 0 Å². The summed E-state index contributed by atoms with van der Waals surface area (Å²) >= 11 is 0. The number of carboxylic acid groups (broad SMARTS) is 1. The van der Waals surface area contributed by atoms with Gasteiger partial charge in [-0.3, -0.25) is 9.59 Å². The van der Waals surface area contributed by atoms with E-state index >= 15 is 0 Å². The van der Waals surface area contributed by atoms with Gasteiger partial charge in [0.2, 0.25) is 0 Å². The Kier molecular flexibility index (Phi) is 10.2. The number of amides is 1. The molecular weight excluding hydrogens is 441 g/mol. The molecule has 8 nitrogen and oxygen atoms in total. The van der Waals surface area contributed by atoms with Crippen LogP contribution in [0.25, 0.3) is 5.69 Å². The van der Waals surface area contributed by atoms with Gasteiger partial charge >= 0.3 is 5.97 Å². The Labute approximate surface area is 200 Å². The summed E-state index contributed by atoms with van der Waals surface area (Å²) in [5.41, 5.74) is 2.40. The first-order valence-corrected chi connectivity index (χ1v) is 11.8. The highest BCUT2D eigenvalue weighted by molar-refractivity contribution is 5.94. The number of rotatable bonds is 13. The molecule has 1 aromatic carbocycles. The Morgan fingerprint density at radius 2 is 1.79 bits per heavy atom. The molecule has 0 aliphatic heterocycles. The molecule has 1 aromatic heterocycles. The van der Waals surface area contributed by atoms with E-state index in [-0.39, 0.29) is 30.5 Å². The minimum Gasteiger partial charge on any atom is -0.481 e. The fourth-order valence-electron chi connectivity index (χ4n) is 3.96. The maximum absolute atomic E-state index is 13.5. The highest BCUT2D eigenvalue weighted by Crippen LogP contribution is 2.29. The van der Waals surface area contributed by atoms with Crippen molar-refractivity contribution in [2.75, 3.05) is 13.6 Å². The van der Waals surface area contributed by atoms with Crippen molar-refractivity contribution in [2.45, 2.75) is 77.4 Å². The first-order valence-electron chi connectivity index (χ1n) is 11.8. The Morgan fingerprint density at radius 1 is 1.15 bits per heavy atom. The third-order valence-electron chi connectivity index (χ3n) is 5.74. The van der Waals surface area contributed by atoms with Gasteiger partial charge < -0.3 is 20.2 Å². The van der Waals surface area contributed by atoms with Crippen LogP contribution in [0.2, 0.25) is 0 Å². The molecule has 2 aromatic rings. The molecule has 9 heteroatoms. The summed E-state index contributed by atoms with van der Waals surface area (Å²) in [7, 11) is 1.74. The van der Waals surface area contributed by atoms with Crippen molar-refractivity contribution in [3.05, 3.63) is 47.0 Å². The molecule has 0 aliphatic carbocycles. The Morgan fingerprint density at radius 3 is 2.35 bits per heavy atom. The molecule has 0 aliphatic rings. The van der Waals surface area contributed by atoms with Crippen molar-refractivity contribution in [1.29, 1.82) is 0 Å². The van der Waals surface area contributed by atoms with Crippen LogP contribution in [0.15, 0.2) is 24.3 Å². The number of carbonyl (C=O) groups is 2. The number of aromatic nitrogens is 2. The maximum Gasteiger partial charge on any atom is 0.305 e. The maximum atomic E-state index is 13.5. The van der Waals surface area contributed by atoms with Gasteiger partial charge in [-0.15, -0.1) is 0 Å². The lowest BCUT2D eigenvalue weighted by atomic mass is 9.95. The monoisotopic (exact) mass is 477 g/mol. The molecule has 0 bridgehead atoms. The Hall–Kier alpha value is -2.78. The molecule has 1 heterocycles. The molecule has 34 heavy (non-hydrogen) atoms. The van der Waals surface area contributed by atoms with E-state index in [0.717, 1.165) is 24.1 Å². The predicted molar refractivity (Wildman–Crippen MR) is 127 cm³/mol. The lowest BCUT2D eigenvalue weighted by Crippen LogP contribution is -2.29. The van der Waals surface area contributed by atoms with Crippen LogP contribution in [0.5, 0.6) is 0 Å². The zero-order valence-corrected chi connectivity index (χ0v) is 20.4. The number of aliphatic carboxylic acids is 1. The lowest BCUT2D eigenvalue weighted by Gasteiger charge is -2.18. The summed E-state index contributed by atoms with van der Waals surface area (Å²) < 4.78 is 15.2. The minimum atomic E-state index is -1.15. The zero-order valence-electron chi connectivity index (χ0n) is 20.4. The largest absolute Gasteiger partial charge is 0.481 e. The number of unbranched alkanes of at least 4 members (excludes halogenated alkanes) is 1. The van der Waals surface area contributed by atoms with Gasteiger partial charge in [0.25, 0.3) is 5.91 Å². The van der Waals surface area contributed by atoms with Gasteiger partial charge in [-0.2, -0.15) is 5.10 Å². The number of aliphatic hydroxyl groups is 2. The van der Waals surface area contributed by atoms with Crippen LogP contribution in [0, 0.1) is 5.82 Å². The van der Waals surface area contributed by atoms with Crippen LogP contribution in [-0.2, 0) is 11.2 Å². The van der Waals surface area contributed by atoms with Crippen LogP contribution in [0.1, 0.15) is 80.5 Å². The summed E-state index contributed by atoms with van der Waals surface area (Å²) in [4.78, 5) is 25.7. The van der Waals surface area contributed by atoms with Gasteiger partial charge in [0.05, 0.1) is 24.3 Å². The fraction of sp³-hybridized carbons (Fsp3) is 0.560. The van der Waals surface area contributed by atoms with Crippen LogP contribution >= 0.6 is 0 Å². The van der Waals surface area contributed by atoms with Crippen LogP contribution in [0.3, 0.4) is 0 Å². The molecule has 188 valence electrons. The van der Waals surface area contributed by atoms with Crippen molar-refractivity contribution in [1.82, 2.24) is 14.7 Å². The third-order valence-corrected chi connectivity index (χ3v) is 5.74. The van der Waals surface area contributed by atoms with Crippen molar-refractivity contribution < 1.29 is 29.3 Å². The second-order valence-electron chi connectivity index (χ2n) is 9.01. The zero-order chi connectivity index (χ0) is 25.4. The third kappa shape index (κ3) is 7.36. The van der Waals surface area contributed by atoms with Gasteiger partial charge in [0, 0.05) is 24.8 Å². The summed E-state index contributed by atoms with van der Waals surface area (Å²) in [6.45, 7) is 6.58. The van der Waals surface area contributed by atoms with Gasteiger partial charge in [0.1, 0.15) is 5.82 Å². The topological polar surface area (TPSA) is 116 Å². The molecule has 0 saturated heterocycles. The number of nitrogens with zero attached hydrogens (tertiary/aromatic N) is 3. The smallest absolute Gasteiger partial charge is 0.305 e. The van der Waals surface area contributed by atoms with E-state index in [1.807, 2.05) is 13.8 Å². The first kappa shape index (κ1) is 27.5. The summed E-state index contributed by atoms with van der Waals surface area (Å²) in [5.74, 6) is -1.76. The molecular formula is C25H36FN3O5. The van der Waals surface area contributed by atoms with Gasteiger partial charge in [-0.05, 0) is 55.9 Å². The standard InChI is InChI=1S/C25H36FN3O5/c1-5-6-13-28(4)25(34)24-23(16(2)3)21(12-11-19(30)14-20(31)15-22(32)33)29(27-24)18-9-7-17(26)8-10-18/h7-10,16,19-20,30-31H,5-6,11-15H2,1-4H3,(H,32,33). The normalized spacial score (nSPS) is 13.2. The number of halogens is 1. The minimum absolute atomic E-state index is 0.0440. The molecule has 2 rings (SSSR count). The number of aliphatic hydroxyl groups excluding tert-OH is 2. The lowest BCUT2D eigenvalue weighted by molar-refractivity contribution is -0.139. The number of carbonyl (C=O) groups excluding carboxylic acids is 1. The average molecular weight is 478 g/mol. The fourth-order valence-corrected chi connectivity index (χ4v) is 3.96. The first-order chi connectivity index (χ1) is 16.0. The predicted octanol–water partition coefficient (Wildman–Crippen LogP) is 3.53. The second kappa shape index (κ2) is 12.6. The Bertz CT molecular complexity index is 958. The number of hydrogen-bond donors (Lipinski definition) is 3. The van der Waals surface area contributed by atoms with Crippen molar-refractivity contribution in [3.63, 3.8) is 0 Å². The molecule has 2 atom stereocenters. The number of benzene rings is 1. The van der Waals surface area contributed by atoms with Crippen molar-refractivity contribution in [2.24, 2.45) is 0 Å². The van der Waals surface area contributed by atoms with Crippen molar-refractivity contribution in [3.8, 4) is 5.69 Å². The highest BCUT2D eigenvalue weighted by Gasteiger charge is 2.28. The SMILES string of the molecule is CCCCN(C)C(=O)c1nn(-c2ccc(F)cc2)c(CCC(O)CC(O)CC(=O)O)c1C(C)C.